The summed E-state index contributed by atoms with van der Waals surface area (Å²) < 4.78 is 39.9. The lowest BCUT2D eigenvalue weighted by atomic mass is 10.1. The number of alkyl halides is 3. The highest BCUT2D eigenvalue weighted by atomic mass is 35.5. The van der Waals surface area contributed by atoms with Crippen molar-refractivity contribution in [3.8, 4) is 6.07 Å². The Balaban J connectivity index is 1.77. The molecule has 2 heterocycles. The number of halogens is 4. The number of anilines is 2. The lowest BCUT2D eigenvalue weighted by Gasteiger charge is -2.36. The number of carbonyl (C=O) groups is 2. The van der Waals surface area contributed by atoms with Crippen molar-refractivity contribution in [1.82, 2.24) is 9.88 Å². The van der Waals surface area contributed by atoms with Crippen molar-refractivity contribution in [2.75, 3.05) is 36.4 Å². The Kier molecular flexibility index (Phi) is 6.21. The maximum absolute atomic E-state index is 13.3. The SMILES string of the molecule is N#Cc1cc(C(=O)O)c(C(F)(F)F)nc1N1CCN(C(=O)Nc2ccc(Cl)cc2)CC1. The van der Waals surface area contributed by atoms with Gasteiger partial charge in [-0.3, -0.25) is 0 Å². The highest BCUT2D eigenvalue weighted by Gasteiger charge is 2.39. The lowest BCUT2D eigenvalue weighted by Crippen LogP contribution is -2.50. The molecule has 12 heteroatoms. The number of aromatic carboxylic acids is 1. The van der Waals surface area contributed by atoms with E-state index >= 15 is 0 Å². The minimum absolute atomic E-state index is 0.111. The minimum Gasteiger partial charge on any atom is -0.478 e. The van der Waals surface area contributed by atoms with E-state index in [1.165, 1.54) is 9.80 Å². The number of benzene rings is 1. The van der Waals surface area contributed by atoms with Crippen molar-refractivity contribution in [1.29, 1.82) is 5.26 Å². The first-order valence-electron chi connectivity index (χ1n) is 8.92. The van der Waals surface area contributed by atoms with Gasteiger partial charge in [0.05, 0.1) is 11.1 Å². The van der Waals surface area contributed by atoms with Crippen LogP contribution in [0.3, 0.4) is 0 Å². The van der Waals surface area contributed by atoms with E-state index in [4.69, 9.17) is 16.7 Å². The first-order chi connectivity index (χ1) is 14.6. The number of carboxylic acids is 1. The summed E-state index contributed by atoms with van der Waals surface area (Å²) >= 11 is 5.80. The number of nitriles is 1. The Bertz CT molecular complexity index is 1050. The van der Waals surface area contributed by atoms with Crippen LogP contribution in [-0.2, 0) is 6.18 Å². The van der Waals surface area contributed by atoms with Crippen LogP contribution in [0.4, 0.5) is 29.5 Å². The van der Waals surface area contributed by atoms with E-state index in [0.717, 1.165) is 0 Å². The molecule has 1 aromatic heterocycles. The molecule has 0 spiro atoms. The normalized spacial score (nSPS) is 14.2. The average molecular weight is 454 g/mol. The number of carbonyl (C=O) groups excluding carboxylic acids is 1. The van der Waals surface area contributed by atoms with Crippen molar-refractivity contribution in [2.24, 2.45) is 0 Å². The third-order valence-electron chi connectivity index (χ3n) is 4.58. The fourth-order valence-corrected chi connectivity index (χ4v) is 3.19. The average Bonchev–Trinajstić information content (AvgIpc) is 2.73. The van der Waals surface area contributed by atoms with Gasteiger partial charge in [-0.2, -0.15) is 18.4 Å². The summed E-state index contributed by atoms with van der Waals surface area (Å²) in [5, 5.41) is 21.6. The van der Waals surface area contributed by atoms with Crippen LogP contribution in [0.5, 0.6) is 0 Å². The summed E-state index contributed by atoms with van der Waals surface area (Å²) in [6.45, 7) is 0.543. The molecule has 162 valence electrons. The summed E-state index contributed by atoms with van der Waals surface area (Å²) in [6.07, 6.45) is -5.00. The van der Waals surface area contributed by atoms with Gasteiger partial charge < -0.3 is 20.2 Å². The zero-order valence-electron chi connectivity index (χ0n) is 15.8. The molecule has 0 saturated carbocycles. The Hall–Kier alpha value is -3.52. The van der Waals surface area contributed by atoms with Crippen LogP contribution in [0.1, 0.15) is 21.6 Å². The quantitative estimate of drug-likeness (QED) is 0.733. The molecular weight excluding hydrogens is 439 g/mol. The largest absolute Gasteiger partial charge is 0.478 e. The van der Waals surface area contributed by atoms with E-state index in [9.17, 15) is 28.0 Å². The summed E-state index contributed by atoms with van der Waals surface area (Å²) in [5.74, 6) is -2.09. The number of amides is 2. The smallest absolute Gasteiger partial charge is 0.434 e. The number of rotatable bonds is 3. The van der Waals surface area contributed by atoms with E-state index in [-0.39, 0.29) is 37.6 Å². The highest BCUT2D eigenvalue weighted by molar-refractivity contribution is 6.30. The third kappa shape index (κ3) is 4.97. The molecule has 0 atom stereocenters. The summed E-state index contributed by atoms with van der Waals surface area (Å²) in [5.41, 5.74) is -2.42. The predicted octanol–water partition coefficient (Wildman–Crippen LogP) is 3.68. The molecule has 2 N–H and O–H groups in total. The number of carboxylic acid groups (broad SMARTS) is 1. The number of piperazine rings is 1. The van der Waals surface area contributed by atoms with E-state index in [1.54, 1.807) is 30.3 Å². The molecular formula is C19H15ClF3N5O3. The van der Waals surface area contributed by atoms with Gasteiger partial charge in [-0.1, -0.05) is 11.6 Å². The maximum Gasteiger partial charge on any atom is 0.434 e. The monoisotopic (exact) mass is 453 g/mol. The second-order valence-corrected chi connectivity index (χ2v) is 7.02. The summed E-state index contributed by atoms with van der Waals surface area (Å²) in [7, 11) is 0. The fourth-order valence-electron chi connectivity index (χ4n) is 3.06. The Morgan fingerprint density at radius 3 is 2.29 bits per heavy atom. The van der Waals surface area contributed by atoms with Crippen molar-refractivity contribution < 1.29 is 27.9 Å². The van der Waals surface area contributed by atoms with Crippen molar-refractivity contribution in [3.63, 3.8) is 0 Å². The van der Waals surface area contributed by atoms with Crippen molar-refractivity contribution >= 4 is 35.1 Å². The van der Waals surface area contributed by atoms with Gasteiger partial charge in [0.2, 0.25) is 0 Å². The molecule has 1 saturated heterocycles. The van der Waals surface area contributed by atoms with E-state index in [2.05, 4.69) is 10.3 Å². The zero-order valence-corrected chi connectivity index (χ0v) is 16.5. The van der Waals surface area contributed by atoms with Crippen LogP contribution in [0.25, 0.3) is 0 Å². The van der Waals surface area contributed by atoms with Crippen LogP contribution >= 0.6 is 11.6 Å². The molecule has 0 bridgehead atoms. The molecule has 0 radical (unpaired) electrons. The summed E-state index contributed by atoms with van der Waals surface area (Å²) in [4.78, 5) is 30.0. The van der Waals surface area contributed by atoms with E-state index in [0.29, 0.717) is 16.8 Å². The molecule has 0 aliphatic carbocycles. The maximum atomic E-state index is 13.3. The number of hydrogen-bond acceptors (Lipinski definition) is 5. The standard InChI is InChI=1S/C19H15ClF3N5O3/c20-12-1-3-13(4-2-12)25-18(31)28-7-5-27(6-8-28)16-11(10-24)9-14(17(29)30)15(26-16)19(21,22)23/h1-4,9H,5-8H2,(H,25,31)(H,29,30). The number of nitrogens with zero attached hydrogens (tertiary/aromatic N) is 4. The van der Waals surface area contributed by atoms with Gasteiger partial charge in [-0.05, 0) is 30.3 Å². The highest BCUT2D eigenvalue weighted by Crippen LogP contribution is 2.34. The molecule has 0 unspecified atom stereocenters. The number of pyridine rings is 1. The second kappa shape index (κ2) is 8.69. The van der Waals surface area contributed by atoms with Gasteiger partial charge in [-0.25, -0.2) is 14.6 Å². The zero-order chi connectivity index (χ0) is 22.8. The van der Waals surface area contributed by atoms with E-state index in [1.807, 2.05) is 0 Å². The van der Waals surface area contributed by atoms with Gasteiger partial charge in [0.25, 0.3) is 0 Å². The van der Waals surface area contributed by atoms with Gasteiger partial charge >= 0.3 is 18.2 Å². The molecule has 1 aromatic carbocycles. The first-order valence-corrected chi connectivity index (χ1v) is 9.30. The first kappa shape index (κ1) is 22.2. The Labute approximate surface area is 179 Å². The van der Waals surface area contributed by atoms with Crippen LogP contribution in [-0.4, -0.2) is 53.2 Å². The van der Waals surface area contributed by atoms with E-state index < -0.39 is 29.4 Å². The number of urea groups is 1. The lowest BCUT2D eigenvalue weighted by molar-refractivity contribution is -0.141. The van der Waals surface area contributed by atoms with Crippen LogP contribution in [0.15, 0.2) is 30.3 Å². The predicted molar refractivity (Wildman–Crippen MR) is 105 cm³/mol. The van der Waals surface area contributed by atoms with Crippen molar-refractivity contribution in [2.45, 2.75) is 6.18 Å². The Morgan fingerprint density at radius 1 is 1.16 bits per heavy atom. The number of aromatic nitrogens is 1. The van der Waals surface area contributed by atoms with Gasteiger partial charge in [0.15, 0.2) is 5.69 Å². The number of nitrogens with one attached hydrogen (secondary N) is 1. The molecule has 1 aliphatic heterocycles. The summed E-state index contributed by atoms with van der Waals surface area (Å²) in [6, 6.07) is 8.46. The molecule has 3 rings (SSSR count). The molecule has 1 fully saturated rings. The molecule has 2 amide bonds. The second-order valence-electron chi connectivity index (χ2n) is 6.58. The molecule has 1 aliphatic rings. The van der Waals surface area contributed by atoms with Gasteiger partial charge in [0.1, 0.15) is 11.9 Å². The fraction of sp³-hybridized carbons (Fsp3) is 0.263. The van der Waals surface area contributed by atoms with Gasteiger partial charge in [-0.15, -0.1) is 0 Å². The third-order valence-corrected chi connectivity index (χ3v) is 4.84. The molecule has 2 aromatic rings. The van der Waals surface area contributed by atoms with Crippen molar-refractivity contribution in [3.05, 3.63) is 52.2 Å². The van der Waals surface area contributed by atoms with Crippen LogP contribution in [0, 0.1) is 11.3 Å². The molecule has 31 heavy (non-hydrogen) atoms. The van der Waals surface area contributed by atoms with Gasteiger partial charge in [0, 0.05) is 36.9 Å². The van der Waals surface area contributed by atoms with Crippen LogP contribution in [0.2, 0.25) is 5.02 Å². The minimum atomic E-state index is -5.00. The molecule has 8 nitrogen and oxygen atoms in total. The Morgan fingerprint density at radius 2 is 1.77 bits per heavy atom. The topological polar surface area (TPSA) is 110 Å². The van der Waals surface area contributed by atoms with Crippen LogP contribution < -0.4 is 10.2 Å². The number of hydrogen-bond donors (Lipinski definition) is 2.